The third kappa shape index (κ3) is 5.40. The molecule has 0 atom stereocenters. The molecule has 1 aromatic heterocycles. The van der Waals surface area contributed by atoms with Crippen molar-refractivity contribution in [1.82, 2.24) is 10.2 Å². The van der Waals surface area contributed by atoms with E-state index in [0.717, 1.165) is 16.2 Å². The van der Waals surface area contributed by atoms with Gasteiger partial charge in [-0.2, -0.15) is 0 Å². The number of amides is 3. The van der Waals surface area contributed by atoms with Crippen LogP contribution < -0.4 is 10.6 Å². The number of thiophene rings is 1. The van der Waals surface area contributed by atoms with Crippen LogP contribution in [-0.2, 0) is 9.53 Å². The monoisotopic (exact) mass is 315 g/mol. The number of nitrogens with one attached hydrogen (secondary N) is 2. The number of carbonyl (C=O) groups is 3. The minimum Gasteiger partial charge on any atom is -0.478 e. The molecule has 0 bridgehead atoms. The maximum Gasteiger partial charge on any atom is 0.338 e. The summed E-state index contributed by atoms with van der Waals surface area (Å²) in [6.45, 7) is 0.612. The number of carboxylic acids is 1. The van der Waals surface area contributed by atoms with Crippen LogP contribution in [0.15, 0.2) is 11.4 Å². The van der Waals surface area contributed by atoms with Gasteiger partial charge in [0.1, 0.15) is 11.5 Å². The van der Waals surface area contributed by atoms with Gasteiger partial charge in [0.25, 0.3) is 0 Å². The van der Waals surface area contributed by atoms with Crippen molar-refractivity contribution < 1.29 is 24.2 Å². The number of ether oxygens (including phenoxy) is 1. The van der Waals surface area contributed by atoms with Crippen molar-refractivity contribution in [3.05, 3.63) is 17.0 Å². The molecule has 0 aliphatic rings. The second-order valence-electron chi connectivity index (χ2n) is 4.10. The number of rotatable bonds is 7. The molecule has 1 rings (SSSR count). The first-order chi connectivity index (χ1) is 9.95. The smallest absolute Gasteiger partial charge is 0.338 e. The maximum absolute atomic E-state index is 11.9. The fraction of sp³-hybridized carbons (Fsp3) is 0.417. The third-order valence-corrected chi connectivity index (χ3v) is 3.30. The van der Waals surface area contributed by atoms with Crippen molar-refractivity contribution in [3.8, 4) is 0 Å². The SMILES string of the molecule is COCCNC(=O)CN(C)C(=O)Nc1sccc1C(=O)O. The summed E-state index contributed by atoms with van der Waals surface area (Å²) >= 11 is 1.10. The van der Waals surface area contributed by atoms with Gasteiger partial charge in [0.2, 0.25) is 5.91 Å². The van der Waals surface area contributed by atoms with E-state index in [1.54, 1.807) is 5.38 Å². The number of aromatic carboxylic acids is 1. The van der Waals surface area contributed by atoms with Crippen LogP contribution >= 0.6 is 11.3 Å². The minimum absolute atomic E-state index is 0.0197. The number of methoxy groups -OCH3 is 1. The number of carboxylic acid groups (broad SMARTS) is 1. The topological polar surface area (TPSA) is 108 Å². The number of likely N-dealkylation sites (N-methyl/N-ethyl adjacent to an activating group) is 1. The standard InChI is InChI=1S/C12H17N3O5S/c1-15(7-9(16)13-4-5-20-2)12(19)14-10-8(11(17)18)3-6-21-10/h3,6H,4-5,7H2,1-2H3,(H,13,16)(H,14,19)(H,17,18). The summed E-state index contributed by atoms with van der Waals surface area (Å²) in [7, 11) is 2.96. The fourth-order valence-corrected chi connectivity index (χ4v) is 2.17. The van der Waals surface area contributed by atoms with Crippen molar-refractivity contribution in [2.45, 2.75) is 0 Å². The second-order valence-corrected chi connectivity index (χ2v) is 5.01. The quantitative estimate of drug-likeness (QED) is 0.641. The van der Waals surface area contributed by atoms with Gasteiger partial charge in [0, 0.05) is 20.7 Å². The van der Waals surface area contributed by atoms with Gasteiger partial charge < -0.3 is 20.1 Å². The molecular formula is C12H17N3O5S. The Morgan fingerprint density at radius 2 is 2.14 bits per heavy atom. The lowest BCUT2D eigenvalue weighted by atomic mass is 10.3. The van der Waals surface area contributed by atoms with Crippen molar-refractivity contribution in [2.75, 3.05) is 39.2 Å². The zero-order valence-electron chi connectivity index (χ0n) is 11.7. The van der Waals surface area contributed by atoms with E-state index in [2.05, 4.69) is 10.6 Å². The highest BCUT2D eigenvalue weighted by Gasteiger charge is 2.17. The lowest BCUT2D eigenvalue weighted by Gasteiger charge is -2.17. The summed E-state index contributed by atoms with van der Waals surface area (Å²) in [5.74, 6) is -1.44. The van der Waals surface area contributed by atoms with Gasteiger partial charge in [0.05, 0.1) is 12.2 Å². The van der Waals surface area contributed by atoms with E-state index in [9.17, 15) is 14.4 Å². The number of urea groups is 1. The van der Waals surface area contributed by atoms with Gasteiger partial charge in [0.15, 0.2) is 0 Å². The van der Waals surface area contributed by atoms with Gasteiger partial charge in [-0.05, 0) is 11.4 Å². The lowest BCUT2D eigenvalue weighted by Crippen LogP contribution is -2.41. The van der Waals surface area contributed by atoms with Crippen molar-refractivity contribution in [1.29, 1.82) is 0 Å². The number of anilines is 1. The molecule has 0 unspecified atom stereocenters. The van der Waals surface area contributed by atoms with E-state index in [1.807, 2.05) is 0 Å². The first-order valence-corrected chi connectivity index (χ1v) is 6.92. The Morgan fingerprint density at radius 1 is 1.43 bits per heavy atom. The predicted molar refractivity (Wildman–Crippen MR) is 77.8 cm³/mol. The highest BCUT2D eigenvalue weighted by Crippen LogP contribution is 2.23. The van der Waals surface area contributed by atoms with E-state index in [-0.39, 0.29) is 23.0 Å². The van der Waals surface area contributed by atoms with Crippen molar-refractivity contribution in [3.63, 3.8) is 0 Å². The predicted octanol–water partition coefficient (Wildman–Crippen LogP) is 0.673. The Balaban J connectivity index is 2.49. The molecule has 0 saturated heterocycles. The normalized spacial score (nSPS) is 10.0. The molecule has 21 heavy (non-hydrogen) atoms. The summed E-state index contributed by atoms with van der Waals surface area (Å²) in [4.78, 5) is 35.5. The molecule has 0 aliphatic carbocycles. The maximum atomic E-state index is 11.9. The van der Waals surface area contributed by atoms with Gasteiger partial charge in [-0.3, -0.25) is 10.1 Å². The zero-order chi connectivity index (χ0) is 15.8. The van der Waals surface area contributed by atoms with Crippen LogP contribution in [0.4, 0.5) is 9.80 Å². The van der Waals surface area contributed by atoms with Crippen LogP contribution in [-0.4, -0.2) is 61.8 Å². The summed E-state index contributed by atoms with van der Waals surface area (Å²) in [5, 5.41) is 15.8. The second kappa shape index (κ2) is 8.22. The Labute approximate surface area is 125 Å². The Hall–Kier alpha value is -2.13. The van der Waals surface area contributed by atoms with E-state index in [1.165, 1.54) is 20.2 Å². The van der Waals surface area contributed by atoms with Crippen LogP contribution in [0, 0.1) is 0 Å². The fourth-order valence-electron chi connectivity index (χ4n) is 1.40. The van der Waals surface area contributed by atoms with Gasteiger partial charge in [-0.15, -0.1) is 11.3 Å². The summed E-state index contributed by atoms with van der Waals surface area (Å²) in [5.41, 5.74) is 0.0197. The molecule has 0 aromatic carbocycles. The highest BCUT2D eigenvalue weighted by atomic mass is 32.1. The first kappa shape index (κ1) is 16.9. The Morgan fingerprint density at radius 3 is 2.76 bits per heavy atom. The van der Waals surface area contributed by atoms with Crippen LogP contribution in [0.5, 0.6) is 0 Å². The van der Waals surface area contributed by atoms with E-state index < -0.39 is 12.0 Å². The first-order valence-electron chi connectivity index (χ1n) is 6.04. The van der Waals surface area contributed by atoms with E-state index in [4.69, 9.17) is 9.84 Å². The Kier molecular flexibility index (Phi) is 6.63. The molecule has 3 amide bonds. The number of hydrogen-bond acceptors (Lipinski definition) is 5. The zero-order valence-corrected chi connectivity index (χ0v) is 12.5. The molecule has 0 radical (unpaired) electrons. The molecular weight excluding hydrogens is 298 g/mol. The Bertz CT molecular complexity index is 517. The van der Waals surface area contributed by atoms with Crippen LogP contribution in [0.25, 0.3) is 0 Å². The average molecular weight is 315 g/mol. The largest absolute Gasteiger partial charge is 0.478 e. The molecule has 0 spiro atoms. The molecule has 3 N–H and O–H groups in total. The molecule has 116 valence electrons. The van der Waals surface area contributed by atoms with Crippen LogP contribution in [0.3, 0.4) is 0 Å². The summed E-state index contributed by atoms with van der Waals surface area (Å²) < 4.78 is 4.79. The van der Waals surface area contributed by atoms with Crippen molar-refractivity contribution in [2.24, 2.45) is 0 Å². The van der Waals surface area contributed by atoms with Gasteiger partial charge in [-0.1, -0.05) is 0 Å². The molecule has 9 heteroatoms. The van der Waals surface area contributed by atoms with Gasteiger partial charge >= 0.3 is 12.0 Å². The van der Waals surface area contributed by atoms with Crippen LogP contribution in [0.1, 0.15) is 10.4 Å². The summed E-state index contributed by atoms with van der Waals surface area (Å²) in [6, 6.07) is 0.849. The molecule has 8 nitrogen and oxygen atoms in total. The number of nitrogens with zero attached hydrogens (tertiary/aromatic N) is 1. The number of carbonyl (C=O) groups excluding carboxylic acids is 2. The minimum atomic E-state index is -1.12. The molecule has 0 fully saturated rings. The summed E-state index contributed by atoms with van der Waals surface area (Å²) in [6.07, 6.45) is 0. The average Bonchev–Trinajstić information content (AvgIpc) is 2.87. The van der Waals surface area contributed by atoms with E-state index in [0.29, 0.717) is 13.2 Å². The molecule has 0 aliphatic heterocycles. The highest BCUT2D eigenvalue weighted by molar-refractivity contribution is 7.14. The lowest BCUT2D eigenvalue weighted by molar-refractivity contribution is -0.121. The molecule has 0 saturated carbocycles. The van der Waals surface area contributed by atoms with Crippen molar-refractivity contribution >= 4 is 34.2 Å². The van der Waals surface area contributed by atoms with Gasteiger partial charge in [-0.25, -0.2) is 9.59 Å². The number of hydrogen-bond donors (Lipinski definition) is 3. The van der Waals surface area contributed by atoms with Crippen LogP contribution in [0.2, 0.25) is 0 Å². The molecule has 1 aromatic rings. The van der Waals surface area contributed by atoms with E-state index >= 15 is 0 Å². The third-order valence-electron chi connectivity index (χ3n) is 2.47. The molecule has 1 heterocycles.